The Hall–Kier alpha value is -0.280. The summed E-state index contributed by atoms with van der Waals surface area (Å²) in [6.07, 6.45) is 6.62. The van der Waals surface area contributed by atoms with Gasteiger partial charge in [0, 0.05) is 19.3 Å². The molecule has 10 unspecified atom stereocenters. The maximum absolute atomic E-state index is 12.5. The number of carbonyl (C=O) groups is 2. The highest BCUT2D eigenvalue weighted by atomic mass is 35.5. The van der Waals surface area contributed by atoms with Crippen LogP contribution in [0.4, 0.5) is 0 Å². The van der Waals surface area contributed by atoms with Crippen LogP contribution in [0.5, 0.6) is 0 Å². The average Bonchev–Trinajstić information content (AvgIpc) is 2.87. The number of carbonyl (C=O) groups excluding carboxylic acids is 2. The lowest BCUT2D eigenvalue weighted by Gasteiger charge is -2.65. The Labute approximate surface area is 185 Å². The molecule has 4 aliphatic carbocycles. The van der Waals surface area contributed by atoms with Crippen molar-refractivity contribution in [3.05, 3.63) is 0 Å². The number of hydrogen-bond acceptors (Lipinski definition) is 3. The van der Waals surface area contributed by atoms with Crippen molar-refractivity contribution in [1.82, 2.24) is 0 Å². The second-order valence-electron chi connectivity index (χ2n) is 11.2. The highest BCUT2D eigenvalue weighted by molar-refractivity contribution is 6.33. The zero-order chi connectivity index (χ0) is 21.4. The van der Waals surface area contributed by atoms with Crippen LogP contribution in [0.2, 0.25) is 0 Å². The van der Waals surface area contributed by atoms with Gasteiger partial charge in [-0.3, -0.25) is 9.59 Å². The number of ether oxygens (including phenoxy) is 1. The van der Waals surface area contributed by atoms with Crippen LogP contribution in [-0.2, 0) is 14.3 Å². The van der Waals surface area contributed by atoms with E-state index >= 15 is 0 Å². The molecule has 4 saturated carbocycles. The molecular formula is C24H36Cl2O3. The summed E-state index contributed by atoms with van der Waals surface area (Å²) >= 11 is 14.4. The fourth-order valence-corrected chi connectivity index (χ4v) is 9.75. The van der Waals surface area contributed by atoms with E-state index in [4.69, 9.17) is 27.9 Å². The molecule has 0 aromatic heterocycles. The molecule has 0 saturated heterocycles. The van der Waals surface area contributed by atoms with Crippen molar-refractivity contribution in [3.63, 3.8) is 0 Å². The van der Waals surface area contributed by atoms with Gasteiger partial charge in [-0.25, -0.2) is 0 Å². The van der Waals surface area contributed by atoms with E-state index < -0.39 is 4.87 Å². The molecule has 4 fully saturated rings. The zero-order valence-corrected chi connectivity index (χ0v) is 20.0. The van der Waals surface area contributed by atoms with Gasteiger partial charge in [-0.2, -0.15) is 0 Å². The Kier molecular flexibility index (Phi) is 5.39. The maximum atomic E-state index is 12.5. The fourth-order valence-electron chi connectivity index (χ4n) is 8.71. The van der Waals surface area contributed by atoms with Gasteiger partial charge in [0.15, 0.2) is 0 Å². The molecule has 0 aromatic carbocycles. The average molecular weight is 443 g/mol. The van der Waals surface area contributed by atoms with Gasteiger partial charge in [-0.05, 0) is 80.0 Å². The molecule has 0 bridgehead atoms. The predicted molar refractivity (Wildman–Crippen MR) is 116 cm³/mol. The number of ketones is 1. The molecule has 5 heteroatoms. The number of alkyl halides is 2. The lowest BCUT2D eigenvalue weighted by atomic mass is 9.44. The summed E-state index contributed by atoms with van der Waals surface area (Å²) in [5, 5.41) is -0.136. The van der Waals surface area contributed by atoms with Crippen molar-refractivity contribution in [2.75, 3.05) is 0 Å². The monoisotopic (exact) mass is 442 g/mol. The molecule has 0 aliphatic heterocycles. The van der Waals surface area contributed by atoms with E-state index in [2.05, 4.69) is 20.8 Å². The lowest BCUT2D eigenvalue weighted by molar-refractivity contribution is -0.157. The summed E-state index contributed by atoms with van der Waals surface area (Å²) in [6, 6.07) is 0. The molecule has 0 aromatic rings. The van der Waals surface area contributed by atoms with Crippen LogP contribution < -0.4 is 0 Å². The van der Waals surface area contributed by atoms with E-state index in [1.807, 2.05) is 0 Å². The summed E-state index contributed by atoms with van der Waals surface area (Å²) < 4.78 is 5.56. The first-order chi connectivity index (χ1) is 13.4. The Balaban J connectivity index is 1.65. The third-order valence-corrected chi connectivity index (χ3v) is 11.3. The third kappa shape index (κ3) is 3.04. The summed E-state index contributed by atoms with van der Waals surface area (Å²) in [5.74, 6) is 2.37. The van der Waals surface area contributed by atoms with Crippen LogP contribution in [-0.4, -0.2) is 28.1 Å². The SMILES string of the molecule is CC(=O)OC1CCC2(C)C3CCC4(C)C(CC(C)C4C(C)=O)C3CC(Cl)C2(Cl)C1. The normalized spacial score (nSPS) is 54.1. The van der Waals surface area contributed by atoms with Gasteiger partial charge >= 0.3 is 5.97 Å². The minimum atomic E-state index is -0.536. The molecular weight excluding hydrogens is 407 g/mol. The van der Waals surface area contributed by atoms with E-state index in [0.717, 1.165) is 38.5 Å². The van der Waals surface area contributed by atoms with Crippen LogP contribution in [0.25, 0.3) is 0 Å². The summed E-state index contributed by atoms with van der Waals surface area (Å²) in [6.45, 7) is 10.2. The molecule has 0 radical (unpaired) electrons. The minimum absolute atomic E-state index is 0.0561. The van der Waals surface area contributed by atoms with Gasteiger partial charge in [-0.1, -0.05) is 20.8 Å². The molecule has 0 spiro atoms. The van der Waals surface area contributed by atoms with Crippen LogP contribution >= 0.6 is 23.2 Å². The number of hydrogen-bond donors (Lipinski definition) is 0. The Morgan fingerprint density at radius 2 is 1.72 bits per heavy atom. The first-order valence-electron chi connectivity index (χ1n) is 11.4. The van der Waals surface area contributed by atoms with Crippen LogP contribution in [0.1, 0.15) is 79.6 Å². The smallest absolute Gasteiger partial charge is 0.302 e. The highest BCUT2D eigenvalue weighted by Crippen LogP contribution is 2.71. The van der Waals surface area contributed by atoms with Gasteiger partial charge in [0.1, 0.15) is 11.9 Å². The van der Waals surface area contributed by atoms with Gasteiger partial charge < -0.3 is 4.74 Å². The second-order valence-corrected chi connectivity index (χ2v) is 12.4. The summed E-state index contributed by atoms with van der Waals surface area (Å²) in [5.41, 5.74) is 0.0417. The van der Waals surface area contributed by atoms with Crippen LogP contribution in [0.3, 0.4) is 0 Å². The van der Waals surface area contributed by atoms with Crippen LogP contribution in [0, 0.1) is 40.4 Å². The summed E-state index contributed by atoms with van der Waals surface area (Å²) in [4.78, 5) is 23.5. The lowest BCUT2D eigenvalue weighted by Crippen LogP contribution is -2.65. The molecule has 4 rings (SSSR count). The van der Waals surface area contributed by atoms with E-state index in [0.29, 0.717) is 35.9 Å². The van der Waals surface area contributed by atoms with Crippen molar-refractivity contribution in [3.8, 4) is 0 Å². The standard InChI is InChI=1S/C24H36Cl2O3/c1-13-10-19-17-11-20(25)24(26)12-16(29-15(3)28)6-9-23(24,5)18(17)7-8-22(19,4)21(13)14(2)27/h13,16-21H,6-12H2,1-5H3. The molecule has 0 amide bonds. The van der Waals surface area contributed by atoms with Crippen molar-refractivity contribution in [2.24, 2.45) is 40.4 Å². The fraction of sp³-hybridized carbons (Fsp3) is 0.917. The van der Waals surface area contributed by atoms with Crippen molar-refractivity contribution in [2.45, 2.75) is 95.9 Å². The second kappa shape index (κ2) is 7.12. The minimum Gasteiger partial charge on any atom is -0.462 e. The molecule has 29 heavy (non-hydrogen) atoms. The molecule has 164 valence electrons. The van der Waals surface area contributed by atoms with Crippen molar-refractivity contribution in [1.29, 1.82) is 0 Å². The van der Waals surface area contributed by atoms with Gasteiger partial charge in [-0.15, -0.1) is 23.2 Å². The first-order valence-corrected chi connectivity index (χ1v) is 12.3. The quantitative estimate of drug-likeness (QED) is 0.389. The van der Waals surface area contributed by atoms with Gasteiger partial charge in [0.25, 0.3) is 0 Å². The van der Waals surface area contributed by atoms with E-state index in [-0.39, 0.29) is 34.2 Å². The maximum Gasteiger partial charge on any atom is 0.302 e. The van der Waals surface area contributed by atoms with Gasteiger partial charge in [0.2, 0.25) is 0 Å². The molecule has 3 nitrogen and oxygen atoms in total. The number of Topliss-reactive ketones (excluding diaryl/α,β-unsaturated/α-hetero) is 1. The van der Waals surface area contributed by atoms with Crippen LogP contribution in [0.15, 0.2) is 0 Å². The predicted octanol–water partition coefficient (Wildman–Crippen LogP) is 5.99. The highest BCUT2D eigenvalue weighted by Gasteiger charge is 2.68. The Morgan fingerprint density at radius 3 is 2.34 bits per heavy atom. The topological polar surface area (TPSA) is 43.4 Å². The summed E-state index contributed by atoms with van der Waals surface area (Å²) in [7, 11) is 0. The zero-order valence-electron chi connectivity index (χ0n) is 18.5. The Morgan fingerprint density at radius 1 is 1.03 bits per heavy atom. The number of esters is 1. The van der Waals surface area contributed by atoms with E-state index in [1.165, 1.54) is 6.92 Å². The van der Waals surface area contributed by atoms with E-state index in [9.17, 15) is 9.59 Å². The third-order valence-electron chi connectivity index (χ3n) is 9.80. The molecule has 4 aliphatic rings. The van der Waals surface area contributed by atoms with Crippen molar-refractivity contribution < 1.29 is 14.3 Å². The molecule has 0 N–H and O–H groups in total. The molecule has 0 heterocycles. The number of halogens is 2. The van der Waals surface area contributed by atoms with Crippen molar-refractivity contribution >= 4 is 35.0 Å². The number of fused-ring (bicyclic) bond motifs is 5. The first kappa shape index (κ1) is 21.9. The molecule has 10 atom stereocenters. The Bertz CT molecular complexity index is 710. The van der Waals surface area contributed by atoms with E-state index in [1.54, 1.807) is 6.92 Å². The largest absolute Gasteiger partial charge is 0.462 e. The van der Waals surface area contributed by atoms with Gasteiger partial charge in [0.05, 0.1) is 10.3 Å². The number of rotatable bonds is 2.